The number of nitrogens with zero attached hydrogens (tertiary/aromatic N) is 1. The van der Waals surface area contributed by atoms with Crippen LogP contribution in [0.4, 0.5) is 0 Å². The molecule has 1 aliphatic rings. The van der Waals surface area contributed by atoms with E-state index in [4.69, 9.17) is 0 Å². The van der Waals surface area contributed by atoms with Crippen LogP contribution in [0.1, 0.15) is 31.7 Å². The van der Waals surface area contributed by atoms with Crippen molar-refractivity contribution in [2.75, 3.05) is 19.6 Å². The third kappa shape index (κ3) is 3.59. The fourth-order valence-corrected chi connectivity index (χ4v) is 4.08. The van der Waals surface area contributed by atoms with E-state index in [0.717, 1.165) is 18.5 Å². The second-order valence-electron chi connectivity index (χ2n) is 5.42. The summed E-state index contributed by atoms with van der Waals surface area (Å²) in [5.74, 6) is 0. The third-order valence-electron chi connectivity index (χ3n) is 3.85. The first-order chi connectivity index (χ1) is 9.54. The molecule has 4 nitrogen and oxygen atoms in total. The molecule has 1 saturated heterocycles. The number of nitrogens with one attached hydrogen (secondary N) is 1. The van der Waals surface area contributed by atoms with Crippen LogP contribution >= 0.6 is 0 Å². The average molecular weight is 296 g/mol. The van der Waals surface area contributed by atoms with E-state index in [1.54, 1.807) is 16.4 Å². The minimum Gasteiger partial charge on any atom is -0.313 e. The van der Waals surface area contributed by atoms with E-state index < -0.39 is 10.0 Å². The quantitative estimate of drug-likeness (QED) is 0.906. The molecule has 1 atom stereocenters. The molecule has 0 bridgehead atoms. The number of sulfonamides is 1. The van der Waals surface area contributed by atoms with Crippen LogP contribution < -0.4 is 5.32 Å². The number of piperidine rings is 1. The van der Waals surface area contributed by atoms with E-state index in [1.165, 1.54) is 12.8 Å². The fourth-order valence-electron chi connectivity index (χ4n) is 2.58. The largest absolute Gasteiger partial charge is 0.313 e. The van der Waals surface area contributed by atoms with Gasteiger partial charge < -0.3 is 5.32 Å². The van der Waals surface area contributed by atoms with Crippen molar-refractivity contribution in [1.82, 2.24) is 9.62 Å². The van der Waals surface area contributed by atoms with Crippen molar-refractivity contribution in [2.24, 2.45) is 0 Å². The Morgan fingerprint density at radius 1 is 1.25 bits per heavy atom. The Morgan fingerprint density at radius 2 is 1.95 bits per heavy atom. The predicted molar refractivity (Wildman–Crippen MR) is 81.3 cm³/mol. The maximum Gasteiger partial charge on any atom is 0.243 e. The Kier molecular flexibility index (Phi) is 5.18. The van der Waals surface area contributed by atoms with Crippen molar-refractivity contribution in [3.05, 3.63) is 29.8 Å². The Bertz CT molecular complexity index is 519. The van der Waals surface area contributed by atoms with Crippen LogP contribution in [0, 0.1) is 6.92 Å². The Balaban J connectivity index is 2.14. The lowest BCUT2D eigenvalue weighted by Gasteiger charge is -2.29. The van der Waals surface area contributed by atoms with E-state index in [-0.39, 0.29) is 6.04 Å². The predicted octanol–water partition coefficient (Wildman–Crippen LogP) is 2.15. The molecule has 5 heteroatoms. The van der Waals surface area contributed by atoms with E-state index in [0.29, 0.717) is 18.0 Å². The molecule has 0 spiro atoms. The summed E-state index contributed by atoms with van der Waals surface area (Å²) in [5, 5.41) is 3.41. The van der Waals surface area contributed by atoms with Crippen LogP contribution in [-0.2, 0) is 10.0 Å². The highest BCUT2D eigenvalue weighted by Crippen LogP contribution is 2.18. The van der Waals surface area contributed by atoms with Crippen LogP contribution in [-0.4, -0.2) is 38.4 Å². The highest BCUT2D eigenvalue weighted by molar-refractivity contribution is 7.89. The molecular formula is C15H24N2O2S. The number of likely N-dealkylation sites (N-methyl/N-ethyl adjacent to an activating group) is 1. The normalized spacial score (nSPS) is 20.2. The van der Waals surface area contributed by atoms with E-state index in [2.05, 4.69) is 5.32 Å². The zero-order chi connectivity index (χ0) is 14.6. The molecular weight excluding hydrogens is 272 g/mol. The summed E-state index contributed by atoms with van der Waals surface area (Å²) in [5.41, 5.74) is 1.07. The molecule has 0 aliphatic carbocycles. The molecule has 1 heterocycles. The van der Waals surface area contributed by atoms with Crippen LogP contribution in [0.2, 0.25) is 0 Å². The zero-order valence-corrected chi connectivity index (χ0v) is 13.1. The molecule has 1 aromatic carbocycles. The van der Waals surface area contributed by atoms with Gasteiger partial charge in [0.05, 0.1) is 4.90 Å². The summed E-state index contributed by atoms with van der Waals surface area (Å²) in [7, 11) is -3.37. The van der Waals surface area contributed by atoms with Gasteiger partial charge in [0.25, 0.3) is 0 Å². The number of aryl methyl sites for hydroxylation is 1. The highest BCUT2D eigenvalue weighted by Gasteiger charge is 2.26. The van der Waals surface area contributed by atoms with Gasteiger partial charge in [-0.2, -0.15) is 4.31 Å². The van der Waals surface area contributed by atoms with Gasteiger partial charge in [-0.15, -0.1) is 0 Å². The number of rotatable bonds is 5. The molecule has 0 radical (unpaired) electrons. The highest BCUT2D eigenvalue weighted by atomic mass is 32.2. The van der Waals surface area contributed by atoms with Gasteiger partial charge in [0.1, 0.15) is 0 Å². The van der Waals surface area contributed by atoms with Gasteiger partial charge in [-0.3, -0.25) is 0 Å². The monoisotopic (exact) mass is 296 g/mol. The standard InChI is InChI=1S/C15H24N2O2S/c1-3-17(12-14-6-4-5-11-16-14)20(18,19)15-9-7-13(2)8-10-15/h7-10,14,16H,3-6,11-12H2,1-2H3. The number of benzene rings is 1. The van der Waals surface area contributed by atoms with Crippen molar-refractivity contribution in [3.8, 4) is 0 Å². The van der Waals surface area contributed by atoms with Crippen molar-refractivity contribution >= 4 is 10.0 Å². The summed E-state index contributed by atoms with van der Waals surface area (Å²) < 4.78 is 26.9. The molecule has 1 aromatic rings. The van der Waals surface area contributed by atoms with Crippen LogP contribution in [0.3, 0.4) is 0 Å². The fraction of sp³-hybridized carbons (Fsp3) is 0.600. The lowest BCUT2D eigenvalue weighted by molar-refractivity contribution is 0.319. The first-order valence-electron chi connectivity index (χ1n) is 7.34. The molecule has 1 unspecified atom stereocenters. The molecule has 0 aromatic heterocycles. The van der Waals surface area contributed by atoms with Gasteiger partial charge in [-0.1, -0.05) is 31.0 Å². The molecule has 1 aliphatic heterocycles. The maximum atomic E-state index is 12.6. The van der Waals surface area contributed by atoms with Gasteiger partial charge in [-0.05, 0) is 38.4 Å². The van der Waals surface area contributed by atoms with Crippen molar-refractivity contribution < 1.29 is 8.42 Å². The van der Waals surface area contributed by atoms with Crippen LogP contribution in [0.5, 0.6) is 0 Å². The molecule has 1 N–H and O–H groups in total. The SMILES string of the molecule is CCN(CC1CCCCN1)S(=O)(=O)c1ccc(C)cc1. The smallest absolute Gasteiger partial charge is 0.243 e. The molecule has 2 rings (SSSR count). The Morgan fingerprint density at radius 3 is 2.50 bits per heavy atom. The molecule has 0 saturated carbocycles. The van der Waals surface area contributed by atoms with E-state index in [9.17, 15) is 8.42 Å². The summed E-state index contributed by atoms with van der Waals surface area (Å²) in [4.78, 5) is 0.390. The number of hydrogen-bond acceptors (Lipinski definition) is 3. The zero-order valence-electron chi connectivity index (χ0n) is 12.3. The Hall–Kier alpha value is -0.910. The second-order valence-corrected chi connectivity index (χ2v) is 7.35. The summed E-state index contributed by atoms with van der Waals surface area (Å²) >= 11 is 0. The lowest BCUT2D eigenvalue weighted by Crippen LogP contribution is -2.45. The maximum absolute atomic E-state index is 12.6. The molecule has 112 valence electrons. The minimum absolute atomic E-state index is 0.281. The average Bonchev–Trinajstić information content (AvgIpc) is 2.46. The third-order valence-corrected chi connectivity index (χ3v) is 5.80. The summed E-state index contributed by atoms with van der Waals surface area (Å²) in [6.07, 6.45) is 3.42. The molecule has 0 amide bonds. The van der Waals surface area contributed by atoms with E-state index >= 15 is 0 Å². The second kappa shape index (κ2) is 6.70. The molecule has 20 heavy (non-hydrogen) atoms. The molecule has 1 fully saturated rings. The van der Waals surface area contributed by atoms with Gasteiger partial charge in [0.15, 0.2) is 0 Å². The van der Waals surface area contributed by atoms with Gasteiger partial charge in [-0.25, -0.2) is 8.42 Å². The first-order valence-corrected chi connectivity index (χ1v) is 8.78. The Labute approximate surface area is 122 Å². The lowest BCUT2D eigenvalue weighted by atomic mass is 10.1. The van der Waals surface area contributed by atoms with Gasteiger partial charge in [0.2, 0.25) is 10.0 Å². The topological polar surface area (TPSA) is 49.4 Å². The van der Waals surface area contributed by atoms with Gasteiger partial charge >= 0.3 is 0 Å². The van der Waals surface area contributed by atoms with Crippen molar-refractivity contribution in [2.45, 2.75) is 44.0 Å². The minimum atomic E-state index is -3.37. The number of hydrogen-bond donors (Lipinski definition) is 1. The van der Waals surface area contributed by atoms with Crippen molar-refractivity contribution in [3.63, 3.8) is 0 Å². The van der Waals surface area contributed by atoms with Gasteiger partial charge in [0, 0.05) is 19.1 Å². The van der Waals surface area contributed by atoms with E-state index in [1.807, 2.05) is 26.0 Å². The summed E-state index contributed by atoms with van der Waals surface area (Å²) in [6, 6.07) is 7.37. The van der Waals surface area contributed by atoms with Crippen LogP contribution in [0.15, 0.2) is 29.2 Å². The first kappa shape index (κ1) is 15.5. The van der Waals surface area contributed by atoms with Crippen molar-refractivity contribution in [1.29, 1.82) is 0 Å². The van der Waals surface area contributed by atoms with Crippen LogP contribution in [0.25, 0.3) is 0 Å². The summed E-state index contributed by atoms with van der Waals surface area (Å²) in [6.45, 7) is 5.92.